The van der Waals surface area contributed by atoms with E-state index in [0.717, 1.165) is 22.3 Å². The van der Waals surface area contributed by atoms with Crippen molar-refractivity contribution in [3.63, 3.8) is 0 Å². The Bertz CT molecular complexity index is 2010. The first kappa shape index (κ1) is 41.8. The Morgan fingerprint density at radius 2 is 0.704 bits per heavy atom. The van der Waals surface area contributed by atoms with Crippen molar-refractivity contribution in [3.05, 3.63) is 148 Å². The van der Waals surface area contributed by atoms with Gasteiger partial charge in [-0.05, 0) is 121 Å². The summed E-state index contributed by atoms with van der Waals surface area (Å²) in [4.78, 5) is 14.0. The fourth-order valence-electron chi connectivity index (χ4n) is 3.98. The number of hydrogen-bond donors (Lipinski definition) is 9. The molecule has 0 spiro atoms. The lowest BCUT2D eigenvalue weighted by Crippen LogP contribution is -2.34. The van der Waals surface area contributed by atoms with E-state index >= 15 is 0 Å². The molecule has 1 aliphatic rings. The van der Waals surface area contributed by atoms with Gasteiger partial charge in [0.15, 0.2) is 11.7 Å². The first-order valence-electron chi connectivity index (χ1n) is 14.8. The predicted molar refractivity (Wildman–Crippen MR) is 198 cm³/mol. The van der Waals surface area contributed by atoms with Crippen LogP contribution in [0.5, 0.6) is 28.7 Å². The van der Waals surface area contributed by atoms with Crippen LogP contribution in [0.1, 0.15) is 18.1 Å². The summed E-state index contributed by atoms with van der Waals surface area (Å²) >= 11 is 0. The minimum Gasteiger partial charge on any atom is -0.508 e. The topological polar surface area (TPSA) is 339 Å². The summed E-state index contributed by atoms with van der Waals surface area (Å²) in [7, 11) is 0. The quantitative estimate of drug-likeness (QED) is 0.111. The van der Waals surface area contributed by atoms with Gasteiger partial charge in [-0.2, -0.15) is 15.5 Å². The average Bonchev–Trinajstić information content (AvgIpc) is 3.22. The summed E-state index contributed by atoms with van der Waals surface area (Å²) in [6.07, 6.45) is 0. The van der Waals surface area contributed by atoms with Crippen LogP contribution in [0, 0.1) is 32.3 Å². The number of amidine groups is 2. The Morgan fingerprint density at radius 3 is 0.944 bits per heavy atom. The molecule has 1 aliphatic heterocycles. The maximum atomic E-state index is 9.24. The summed E-state index contributed by atoms with van der Waals surface area (Å²) in [5.41, 5.74) is 19.3. The standard InChI is InChI=1S/C14H12N4O2.C14H10N4O2.C7H5NO.H2N2.O2.H2O.H2/c2*19-11-5-1-9(2-6-11)13-15-17-14(18-16-13)10-3-7-12(20)8-4-10;8-5-6-1-3-7(9)4-2-6;2*1-2;;/h1-8,19-20H,(H,15,16)(H,17,18);1-8,19-20H;1-4,9H;1-2H;;1H2;1H. The fourth-order valence-corrected chi connectivity index (χ4v) is 3.98. The van der Waals surface area contributed by atoms with Gasteiger partial charge in [-0.15, -0.1) is 20.4 Å². The maximum Gasteiger partial charge on any atom is 0.203 e. The highest BCUT2D eigenvalue weighted by Gasteiger charge is 2.11. The van der Waals surface area contributed by atoms with Crippen molar-refractivity contribution in [2.75, 3.05) is 0 Å². The van der Waals surface area contributed by atoms with Gasteiger partial charge in [0.2, 0.25) is 11.6 Å². The van der Waals surface area contributed by atoms with Crippen LogP contribution in [0.2, 0.25) is 0 Å². The minimum absolute atomic E-state index is 0. The molecule has 0 fully saturated rings. The van der Waals surface area contributed by atoms with Crippen molar-refractivity contribution in [1.82, 2.24) is 31.2 Å². The van der Waals surface area contributed by atoms with Crippen LogP contribution in [0.4, 0.5) is 0 Å². The molecule has 0 aliphatic carbocycles. The summed E-state index contributed by atoms with van der Waals surface area (Å²) in [5.74, 6) is 2.83. The molecule has 0 saturated heterocycles. The molecule has 276 valence electrons. The van der Waals surface area contributed by atoms with Gasteiger partial charge < -0.3 is 31.0 Å². The van der Waals surface area contributed by atoms with E-state index in [1.807, 2.05) is 6.07 Å². The lowest BCUT2D eigenvalue weighted by atomic mass is 10.2. The molecular formula is C35H33N11O8. The largest absolute Gasteiger partial charge is 0.508 e. The van der Waals surface area contributed by atoms with Crippen molar-refractivity contribution < 1.29 is 32.4 Å². The monoisotopic (exact) mass is 735 g/mol. The molecule has 1 aromatic heterocycles. The number of nitrogens with zero attached hydrogens (tertiary/aromatic N) is 7. The van der Waals surface area contributed by atoms with Crippen LogP contribution in [-0.2, 0) is 0 Å². The van der Waals surface area contributed by atoms with Crippen LogP contribution in [0.15, 0.2) is 132 Å². The third-order valence-corrected chi connectivity index (χ3v) is 6.55. The van der Waals surface area contributed by atoms with Crippen LogP contribution in [-0.4, -0.2) is 63.1 Å². The molecule has 0 amide bonds. The maximum absolute atomic E-state index is 9.24. The van der Waals surface area contributed by atoms with Gasteiger partial charge in [0.05, 0.1) is 11.6 Å². The van der Waals surface area contributed by atoms with E-state index in [0.29, 0.717) is 28.9 Å². The Balaban J connectivity index is 0.000000410. The number of benzene rings is 5. The Morgan fingerprint density at radius 1 is 0.463 bits per heavy atom. The van der Waals surface area contributed by atoms with E-state index in [-0.39, 0.29) is 35.7 Å². The highest BCUT2D eigenvalue weighted by molar-refractivity contribution is 6.06. The lowest BCUT2D eigenvalue weighted by Gasteiger charge is -2.15. The minimum atomic E-state index is 0. The van der Waals surface area contributed by atoms with E-state index < -0.39 is 0 Å². The molecule has 6 aromatic rings. The molecule has 0 bridgehead atoms. The Kier molecular flexibility index (Phi) is 16.8. The molecule has 19 heteroatoms. The Labute approximate surface area is 307 Å². The first-order chi connectivity index (χ1) is 25.8. The highest BCUT2D eigenvalue weighted by atomic mass is 16.7. The third kappa shape index (κ3) is 12.5. The van der Waals surface area contributed by atoms with Gasteiger partial charge in [0.1, 0.15) is 28.7 Å². The number of hydrazone groups is 2. The summed E-state index contributed by atoms with van der Waals surface area (Å²) in [6, 6.07) is 34.3. The molecule has 19 nitrogen and oxygen atoms in total. The van der Waals surface area contributed by atoms with E-state index in [2.05, 4.69) is 41.4 Å². The van der Waals surface area contributed by atoms with Gasteiger partial charge in [0, 0.05) is 33.6 Å². The average molecular weight is 736 g/mol. The number of aromatic hydroxyl groups is 5. The molecule has 7 rings (SSSR count). The van der Waals surface area contributed by atoms with E-state index in [1.165, 1.54) is 12.1 Å². The number of nitriles is 1. The van der Waals surface area contributed by atoms with Gasteiger partial charge in [-0.3, -0.25) is 10.9 Å². The van der Waals surface area contributed by atoms with E-state index in [9.17, 15) is 20.4 Å². The second-order valence-corrected chi connectivity index (χ2v) is 10.0. The summed E-state index contributed by atoms with van der Waals surface area (Å²) < 4.78 is 0. The number of phenols is 5. The summed E-state index contributed by atoms with van der Waals surface area (Å²) in [6.45, 7) is 0. The van der Waals surface area contributed by atoms with Gasteiger partial charge in [-0.25, -0.2) is 11.1 Å². The van der Waals surface area contributed by atoms with Crippen molar-refractivity contribution >= 4 is 11.7 Å². The lowest BCUT2D eigenvalue weighted by molar-refractivity contribution is 0.474. The smallest absolute Gasteiger partial charge is 0.203 e. The predicted octanol–water partition coefficient (Wildman–Crippen LogP) is 4.67. The number of nitrogens with one attached hydrogen (secondary N) is 4. The molecule has 11 N–H and O–H groups in total. The number of phenolic OH excluding ortho intramolecular Hbond substituents is 5. The van der Waals surface area contributed by atoms with Crippen molar-refractivity contribution in [3.8, 4) is 57.6 Å². The molecule has 0 saturated carbocycles. The molecule has 0 unspecified atom stereocenters. The summed E-state index contributed by atoms with van der Waals surface area (Å²) in [5, 5.41) is 78.4. The zero-order chi connectivity index (χ0) is 38.6. The highest BCUT2D eigenvalue weighted by Crippen LogP contribution is 2.20. The van der Waals surface area contributed by atoms with Crippen LogP contribution in [0.3, 0.4) is 0 Å². The molecule has 5 aromatic carbocycles. The van der Waals surface area contributed by atoms with E-state index in [4.69, 9.17) is 31.4 Å². The second-order valence-electron chi connectivity index (χ2n) is 10.0. The molecular weight excluding hydrogens is 702 g/mol. The zero-order valence-electron chi connectivity index (χ0n) is 27.7. The zero-order valence-corrected chi connectivity index (χ0v) is 27.7. The van der Waals surface area contributed by atoms with Crippen LogP contribution in [0.25, 0.3) is 22.8 Å². The molecule has 2 heterocycles. The fraction of sp³-hybridized carbons (Fsp3) is 0. The molecule has 54 heavy (non-hydrogen) atoms. The van der Waals surface area contributed by atoms with Crippen LogP contribution < -0.4 is 10.9 Å². The Hall–Kier alpha value is -8.37. The van der Waals surface area contributed by atoms with Crippen molar-refractivity contribution in [1.29, 1.82) is 16.3 Å². The third-order valence-electron chi connectivity index (χ3n) is 6.55. The molecule has 0 atom stereocenters. The van der Waals surface area contributed by atoms with Crippen LogP contribution >= 0.6 is 0 Å². The first-order valence-corrected chi connectivity index (χ1v) is 14.8. The van der Waals surface area contributed by atoms with Crippen molar-refractivity contribution in [2.45, 2.75) is 0 Å². The van der Waals surface area contributed by atoms with Crippen molar-refractivity contribution in [2.24, 2.45) is 10.2 Å². The van der Waals surface area contributed by atoms with Gasteiger partial charge >= 0.3 is 0 Å². The van der Waals surface area contributed by atoms with E-state index in [1.54, 1.807) is 109 Å². The second kappa shape index (κ2) is 21.7. The SMILES string of the molecule is N#Cc1ccc(O)cc1.N=N.O.O=O.Oc1ccc(-c2nnc(-c3ccc(O)cc3)nn2)cc1.Oc1ccc(C2=NNC(c3ccc(O)cc3)=NN2)cc1.[HH]. The molecule has 0 radical (unpaired) electrons. The van der Waals surface area contributed by atoms with Gasteiger partial charge in [0.25, 0.3) is 0 Å². The normalized spacial score (nSPS) is 10.5. The number of hydrogen-bond acceptors (Lipinski definition) is 18. The number of aromatic nitrogens is 4. The van der Waals surface area contributed by atoms with Gasteiger partial charge in [-0.1, -0.05) is 0 Å². The number of rotatable bonds is 4.